The number of amides is 2. The zero-order chi connectivity index (χ0) is 21.5. The smallest absolute Gasteiger partial charge is 0.309 e. The number of hydrogen-bond acceptors (Lipinski definition) is 6. The topological polar surface area (TPSA) is 79.8 Å². The first-order valence-corrected chi connectivity index (χ1v) is 11.0. The molecule has 0 aliphatic carbocycles. The molecular weight excluding hydrogens is 402 g/mol. The minimum atomic E-state index is -0.185. The Morgan fingerprint density at radius 1 is 1.20 bits per heavy atom. The molecule has 2 heterocycles. The third-order valence-electron chi connectivity index (χ3n) is 5.17. The van der Waals surface area contributed by atoms with Gasteiger partial charge in [0.05, 0.1) is 31.2 Å². The number of nitrogens with zero attached hydrogens (tertiary/aromatic N) is 3. The Bertz CT molecular complexity index is 876. The third kappa shape index (κ3) is 5.66. The monoisotopic (exact) mass is 429 g/mol. The van der Waals surface area contributed by atoms with Gasteiger partial charge in [-0.3, -0.25) is 14.4 Å². The van der Waals surface area contributed by atoms with E-state index in [1.807, 2.05) is 35.7 Å². The van der Waals surface area contributed by atoms with Crippen LogP contribution in [0, 0.1) is 5.92 Å². The molecule has 30 heavy (non-hydrogen) atoms. The summed E-state index contributed by atoms with van der Waals surface area (Å²) in [5.41, 5.74) is 1.73. The van der Waals surface area contributed by atoms with Crippen molar-refractivity contribution in [3.8, 4) is 10.6 Å². The van der Waals surface area contributed by atoms with Crippen molar-refractivity contribution in [1.29, 1.82) is 0 Å². The number of esters is 1. The van der Waals surface area contributed by atoms with Crippen molar-refractivity contribution in [2.75, 3.05) is 33.3 Å². The van der Waals surface area contributed by atoms with Crippen LogP contribution in [0.2, 0.25) is 0 Å². The van der Waals surface area contributed by atoms with Gasteiger partial charge in [0.2, 0.25) is 11.8 Å². The summed E-state index contributed by atoms with van der Waals surface area (Å²) in [7, 11) is 1.63. The average Bonchev–Trinajstić information content (AvgIpc) is 3.23. The number of carbonyl (C=O) groups is 3. The van der Waals surface area contributed by atoms with Crippen molar-refractivity contribution in [2.45, 2.75) is 26.2 Å². The fourth-order valence-corrected chi connectivity index (χ4v) is 4.23. The van der Waals surface area contributed by atoms with Crippen LogP contribution in [0.1, 0.15) is 25.5 Å². The van der Waals surface area contributed by atoms with Crippen molar-refractivity contribution in [3.05, 3.63) is 41.4 Å². The van der Waals surface area contributed by atoms with Crippen LogP contribution in [0.4, 0.5) is 0 Å². The average molecular weight is 430 g/mol. The maximum absolute atomic E-state index is 12.6. The first-order chi connectivity index (χ1) is 14.5. The third-order valence-corrected chi connectivity index (χ3v) is 6.11. The Kier molecular flexibility index (Phi) is 7.57. The maximum Gasteiger partial charge on any atom is 0.309 e. The van der Waals surface area contributed by atoms with Crippen molar-refractivity contribution in [2.24, 2.45) is 5.92 Å². The van der Waals surface area contributed by atoms with E-state index in [1.165, 1.54) is 16.2 Å². The molecule has 160 valence electrons. The van der Waals surface area contributed by atoms with Crippen LogP contribution in [0.3, 0.4) is 0 Å². The number of aromatic nitrogens is 1. The second-order valence-electron chi connectivity index (χ2n) is 7.34. The lowest BCUT2D eigenvalue weighted by Gasteiger charge is -2.32. The van der Waals surface area contributed by atoms with E-state index in [4.69, 9.17) is 4.74 Å². The number of benzene rings is 1. The molecule has 3 rings (SSSR count). The standard InChI is InChI=1S/C22H27N3O4S/c1-3-29-22(28)17-9-11-25(12-10-17)20(27)14-24(2)19(26)13-18-15-30-21(23-18)16-7-5-4-6-8-16/h4-8,15,17H,3,9-14H2,1-2H3. The van der Waals surface area contributed by atoms with E-state index in [0.717, 1.165) is 10.6 Å². The van der Waals surface area contributed by atoms with E-state index in [0.29, 0.717) is 38.2 Å². The van der Waals surface area contributed by atoms with Crippen LogP contribution < -0.4 is 0 Å². The SMILES string of the molecule is CCOC(=O)C1CCN(C(=O)CN(C)C(=O)Cc2csc(-c3ccccc3)n2)CC1. The van der Waals surface area contributed by atoms with Gasteiger partial charge in [-0.1, -0.05) is 30.3 Å². The zero-order valence-electron chi connectivity index (χ0n) is 17.4. The van der Waals surface area contributed by atoms with Gasteiger partial charge in [0.1, 0.15) is 5.01 Å². The summed E-state index contributed by atoms with van der Waals surface area (Å²) >= 11 is 1.50. The van der Waals surface area contributed by atoms with Crippen LogP contribution in [-0.2, 0) is 25.5 Å². The number of piperidine rings is 1. The van der Waals surface area contributed by atoms with Gasteiger partial charge >= 0.3 is 5.97 Å². The Labute approximate surface area is 180 Å². The minimum absolute atomic E-state index is 0.0264. The van der Waals surface area contributed by atoms with Crippen LogP contribution in [-0.4, -0.2) is 65.9 Å². The van der Waals surface area contributed by atoms with Gasteiger partial charge in [-0.05, 0) is 19.8 Å². The fraction of sp³-hybridized carbons (Fsp3) is 0.455. The molecule has 0 unspecified atom stereocenters. The number of carbonyl (C=O) groups excluding carboxylic acids is 3. The predicted molar refractivity (Wildman–Crippen MR) is 115 cm³/mol. The minimum Gasteiger partial charge on any atom is -0.466 e. The fourth-order valence-electron chi connectivity index (χ4n) is 3.41. The first kappa shape index (κ1) is 22.0. The molecule has 0 spiro atoms. The number of ether oxygens (including phenoxy) is 1. The summed E-state index contributed by atoms with van der Waals surface area (Å²) in [6.07, 6.45) is 1.37. The van der Waals surface area contributed by atoms with E-state index in [1.54, 1.807) is 18.9 Å². The number of rotatable bonds is 7. The molecule has 0 N–H and O–H groups in total. The molecule has 1 saturated heterocycles. The van der Waals surface area contributed by atoms with Gasteiger partial charge in [-0.2, -0.15) is 0 Å². The van der Waals surface area contributed by atoms with Crippen molar-refractivity contribution in [3.63, 3.8) is 0 Å². The summed E-state index contributed by atoms with van der Waals surface area (Å²) < 4.78 is 5.06. The Morgan fingerprint density at radius 3 is 2.57 bits per heavy atom. The molecule has 1 aromatic heterocycles. The maximum atomic E-state index is 12.6. The summed E-state index contributed by atoms with van der Waals surface area (Å²) in [6.45, 7) is 3.21. The highest BCUT2D eigenvalue weighted by Gasteiger charge is 2.29. The van der Waals surface area contributed by atoms with Gasteiger partial charge in [0, 0.05) is 31.1 Å². The summed E-state index contributed by atoms with van der Waals surface area (Å²) in [6, 6.07) is 9.83. The number of hydrogen-bond donors (Lipinski definition) is 0. The highest BCUT2D eigenvalue weighted by molar-refractivity contribution is 7.13. The molecule has 0 bridgehead atoms. The van der Waals surface area contributed by atoms with Crippen LogP contribution in [0.25, 0.3) is 10.6 Å². The molecule has 1 aliphatic rings. The van der Waals surface area contributed by atoms with Gasteiger partial charge in [-0.15, -0.1) is 11.3 Å². The molecule has 0 radical (unpaired) electrons. The number of likely N-dealkylation sites (N-methyl/N-ethyl adjacent to an activating group) is 1. The quantitative estimate of drug-likeness (QED) is 0.632. The molecule has 8 heteroatoms. The van der Waals surface area contributed by atoms with Crippen LogP contribution >= 0.6 is 11.3 Å². The van der Waals surface area contributed by atoms with Gasteiger partial charge < -0.3 is 14.5 Å². The lowest BCUT2D eigenvalue weighted by Crippen LogP contribution is -2.46. The lowest BCUT2D eigenvalue weighted by atomic mass is 9.97. The molecule has 2 aromatic rings. The molecule has 0 saturated carbocycles. The number of likely N-dealkylation sites (tertiary alicyclic amines) is 1. The van der Waals surface area contributed by atoms with Gasteiger partial charge in [-0.25, -0.2) is 4.98 Å². The normalized spacial score (nSPS) is 14.4. The van der Waals surface area contributed by atoms with Crippen molar-refractivity contribution < 1.29 is 19.1 Å². The molecular formula is C22H27N3O4S. The zero-order valence-corrected chi connectivity index (χ0v) is 18.2. The second-order valence-corrected chi connectivity index (χ2v) is 8.20. The highest BCUT2D eigenvalue weighted by atomic mass is 32.1. The Balaban J connectivity index is 1.47. The van der Waals surface area contributed by atoms with Crippen LogP contribution in [0.15, 0.2) is 35.7 Å². The second kappa shape index (κ2) is 10.3. The largest absolute Gasteiger partial charge is 0.466 e. The lowest BCUT2D eigenvalue weighted by molar-refractivity contribution is -0.151. The van der Waals surface area contributed by atoms with E-state index in [-0.39, 0.29) is 36.7 Å². The van der Waals surface area contributed by atoms with E-state index in [2.05, 4.69) is 4.98 Å². The predicted octanol–water partition coefficient (Wildman–Crippen LogP) is 2.61. The molecule has 0 atom stereocenters. The molecule has 1 fully saturated rings. The van der Waals surface area contributed by atoms with E-state index < -0.39 is 0 Å². The van der Waals surface area contributed by atoms with E-state index in [9.17, 15) is 14.4 Å². The number of thiazole rings is 1. The van der Waals surface area contributed by atoms with Gasteiger partial charge in [0.25, 0.3) is 0 Å². The van der Waals surface area contributed by atoms with Crippen LogP contribution in [0.5, 0.6) is 0 Å². The summed E-state index contributed by atoms with van der Waals surface area (Å²) in [5.74, 6) is -0.571. The Morgan fingerprint density at radius 2 is 1.90 bits per heavy atom. The highest BCUT2D eigenvalue weighted by Crippen LogP contribution is 2.23. The molecule has 7 nitrogen and oxygen atoms in total. The molecule has 2 amide bonds. The first-order valence-electron chi connectivity index (χ1n) is 10.2. The van der Waals surface area contributed by atoms with Gasteiger partial charge in [0.15, 0.2) is 0 Å². The summed E-state index contributed by atoms with van der Waals surface area (Å²) in [5, 5.41) is 2.76. The molecule has 1 aromatic carbocycles. The van der Waals surface area contributed by atoms with Crippen molar-refractivity contribution >= 4 is 29.1 Å². The molecule has 1 aliphatic heterocycles. The summed E-state index contributed by atoms with van der Waals surface area (Å²) in [4.78, 5) is 44.6. The van der Waals surface area contributed by atoms with E-state index >= 15 is 0 Å². The van der Waals surface area contributed by atoms with Crippen molar-refractivity contribution in [1.82, 2.24) is 14.8 Å². The Hall–Kier alpha value is -2.74.